The van der Waals surface area contributed by atoms with Crippen molar-refractivity contribution >= 4 is 5.82 Å². The van der Waals surface area contributed by atoms with E-state index in [9.17, 15) is 5.11 Å². The summed E-state index contributed by atoms with van der Waals surface area (Å²) in [4.78, 5) is 6.56. The molecule has 0 bridgehead atoms. The fourth-order valence-electron chi connectivity index (χ4n) is 2.42. The van der Waals surface area contributed by atoms with Crippen molar-refractivity contribution in [1.29, 1.82) is 0 Å². The number of hydrogen-bond acceptors (Lipinski definition) is 4. The maximum absolute atomic E-state index is 9.48. The van der Waals surface area contributed by atoms with Gasteiger partial charge in [-0.3, -0.25) is 0 Å². The first-order valence-corrected chi connectivity index (χ1v) is 6.23. The van der Waals surface area contributed by atoms with Gasteiger partial charge < -0.3 is 14.7 Å². The fraction of sp³-hybridized carbons (Fsp3) is 0.615. The highest BCUT2D eigenvalue weighted by atomic mass is 16.5. The van der Waals surface area contributed by atoms with Crippen LogP contribution in [0, 0.1) is 5.92 Å². The number of ether oxygens (including phenoxy) is 1. The molecule has 0 saturated carbocycles. The van der Waals surface area contributed by atoms with E-state index in [1.807, 2.05) is 19.1 Å². The van der Waals surface area contributed by atoms with E-state index in [1.54, 1.807) is 6.20 Å². The van der Waals surface area contributed by atoms with Crippen LogP contribution in [0.5, 0.6) is 5.75 Å². The third-order valence-corrected chi connectivity index (χ3v) is 3.39. The zero-order valence-corrected chi connectivity index (χ0v) is 10.5. The molecule has 0 radical (unpaired) electrons. The highest BCUT2D eigenvalue weighted by Gasteiger charge is 2.32. The second kappa shape index (κ2) is 5.36. The third kappa shape index (κ3) is 2.36. The quantitative estimate of drug-likeness (QED) is 0.864. The molecule has 2 rings (SSSR count). The highest BCUT2D eigenvalue weighted by molar-refractivity contribution is 5.53. The van der Waals surface area contributed by atoms with Gasteiger partial charge in [-0.15, -0.1) is 0 Å². The molecule has 2 atom stereocenters. The largest absolute Gasteiger partial charge is 0.490 e. The summed E-state index contributed by atoms with van der Waals surface area (Å²) < 4.78 is 5.59. The van der Waals surface area contributed by atoms with Crippen LogP contribution in [0.25, 0.3) is 0 Å². The summed E-state index contributed by atoms with van der Waals surface area (Å²) >= 11 is 0. The Hall–Kier alpha value is -1.29. The zero-order valence-electron chi connectivity index (χ0n) is 10.5. The van der Waals surface area contributed by atoms with Gasteiger partial charge in [0.25, 0.3) is 0 Å². The molecule has 1 N–H and O–H groups in total. The summed E-state index contributed by atoms with van der Waals surface area (Å²) in [5.74, 6) is 2.16. The molecular formula is C13H20N2O2. The van der Waals surface area contributed by atoms with Gasteiger partial charge in [0.15, 0.2) is 11.6 Å². The first kappa shape index (κ1) is 12.2. The van der Waals surface area contributed by atoms with Crippen LogP contribution in [0.1, 0.15) is 20.3 Å². The molecule has 1 saturated heterocycles. The maximum atomic E-state index is 9.48. The number of hydrogen-bond donors (Lipinski definition) is 1. The van der Waals surface area contributed by atoms with Gasteiger partial charge in [-0.2, -0.15) is 0 Å². The van der Waals surface area contributed by atoms with Crippen LogP contribution in [0.2, 0.25) is 0 Å². The average Bonchev–Trinajstić information content (AvgIpc) is 2.71. The SMILES string of the molecule is CCOc1cccnc1N1CCC(C)C1CO. The van der Waals surface area contributed by atoms with Crippen molar-refractivity contribution in [2.24, 2.45) is 5.92 Å². The number of pyridine rings is 1. The van der Waals surface area contributed by atoms with Gasteiger partial charge in [0.2, 0.25) is 0 Å². The van der Waals surface area contributed by atoms with Gasteiger partial charge in [0, 0.05) is 12.7 Å². The predicted molar refractivity (Wildman–Crippen MR) is 67.4 cm³/mol. The molecule has 94 valence electrons. The van der Waals surface area contributed by atoms with E-state index < -0.39 is 0 Å². The molecule has 1 aliphatic rings. The Balaban J connectivity index is 2.27. The lowest BCUT2D eigenvalue weighted by molar-refractivity contribution is 0.243. The molecule has 0 spiro atoms. The Bertz CT molecular complexity index is 370. The predicted octanol–water partition coefficient (Wildman–Crippen LogP) is 1.69. The fourth-order valence-corrected chi connectivity index (χ4v) is 2.42. The summed E-state index contributed by atoms with van der Waals surface area (Å²) in [6.07, 6.45) is 2.86. The minimum absolute atomic E-state index is 0.157. The van der Waals surface area contributed by atoms with E-state index in [-0.39, 0.29) is 12.6 Å². The molecule has 4 heteroatoms. The number of aliphatic hydroxyl groups is 1. The summed E-state index contributed by atoms with van der Waals surface area (Å²) in [7, 11) is 0. The van der Waals surface area contributed by atoms with E-state index in [0.717, 1.165) is 24.5 Å². The molecule has 4 nitrogen and oxygen atoms in total. The van der Waals surface area contributed by atoms with Crippen LogP contribution in [-0.4, -0.2) is 35.9 Å². The van der Waals surface area contributed by atoms with Crippen molar-refractivity contribution in [2.45, 2.75) is 26.3 Å². The molecule has 0 aliphatic carbocycles. The molecule has 1 aromatic heterocycles. The molecular weight excluding hydrogens is 216 g/mol. The van der Waals surface area contributed by atoms with Crippen LogP contribution in [0.15, 0.2) is 18.3 Å². The van der Waals surface area contributed by atoms with Gasteiger partial charge in [-0.1, -0.05) is 6.92 Å². The topological polar surface area (TPSA) is 45.6 Å². The second-order valence-corrected chi connectivity index (χ2v) is 4.47. The number of rotatable bonds is 4. The van der Waals surface area contributed by atoms with Crippen molar-refractivity contribution in [3.05, 3.63) is 18.3 Å². The minimum Gasteiger partial charge on any atom is -0.490 e. The lowest BCUT2D eigenvalue weighted by Crippen LogP contribution is -2.36. The molecule has 2 heterocycles. The van der Waals surface area contributed by atoms with Gasteiger partial charge in [0.1, 0.15) is 0 Å². The van der Waals surface area contributed by atoms with Crippen molar-refractivity contribution < 1.29 is 9.84 Å². The van der Waals surface area contributed by atoms with Gasteiger partial charge >= 0.3 is 0 Å². The van der Waals surface area contributed by atoms with Crippen LogP contribution in [0.3, 0.4) is 0 Å². The molecule has 1 aliphatic heterocycles. The van der Waals surface area contributed by atoms with Crippen LogP contribution < -0.4 is 9.64 Å². The Morgan fingerprint density at radius 2 is 2.41 bits per heavy atom. The Morgan fingerprint density at radius 3 is 3.12 bits per heavy atom. The van der Waals surface area contributed by atoms with Crippen LogP contribution in [0.4, 0.5) is 5.82 Å². The van der Waals surface area contributed by atoms with E-state index >= 15 is 0 Å². The van der Waals surface area contributed by atoms with Gasteiger partial charge in [0.05, 0.1) is 19.3 Å². The van der Waals surface area contributed by atoms with Crippen molar-refractivity contribution in [1.82, 2.24) is 4.98 Å². The normalized spacial score (nSPS) is 24.1. The van der Waals surface area contributed by atoms with Crippen LogP contribution in [-0.2, 0) is 0 Å². The average molecular weight is 236 g/mol. The molecule has 1 aromatic rings. The first-order valence-electron chi connectivity index (χ1n) is 6.23. The molecule has 17 heavy (non-hydrogen) atoms. The Labute approximate surface area is 102 Å². The standard InChI is InChI=1S/C13H20N2O2/c1-3-17-12-5-4-7-14-13(12)15-8-6-10(2)11(15)9-16/h4-5,7,10-11,16H,3,6,8-9H2,1-2H3. The number of aromatic nitrogens is 1. The van der Waals surface area contributed by atoms with Gasteiger partial charge in [-0.05, 0) is 31.4 Å². The van der Waals surface area contributed by atoms with E-state index in [2.05, 4.69) is 16.8 Å². The Morgan fingerprint density at radius 1 is 1.59 bits per heavy atom. The molecule has 0 amide bonds. The third-order valence-electron chi connectivity index (χ3n) is 3.39. The molecule has 2 unspecified atom stereocenters. The summed E-state index contributed by atoms with van der Waals surface area (Å²) in [5, 5.41) is 9.48. The van der Waals surface area contributed by atoms with E-state index in [1.165, 1.54) is 0 Å². The Kier molecular flexibility index (Phi) is 3.84. The smallest absolute Gasteiger partial charge is 0.171 e. The summed E-state index contributed by atoms with van der Waals surface area (Å²) in [6.45, 7) is 5.87. The highest BCUT2D eigenvalue weighted by Crippen LogP contribution is 2.33. The first-order chi connectivity index (χ1) is 8.27. The second-order valence-electron chi connectivity index (χ2n) is 4.47. The number of anilines is 1. The van der Waals surface area contributed by atoms with Crippen molar-refractivity contribution in [3.63, 3.8) is 0 Å². The lowest BCUT2D eigenvalue weighted by Gasteiger charge is -2.27. The minimum atomic E-state index is 0.157. The molecule has 1 fully saturated rings. The summed E-state index contributed by atoms with van der Waals surface area (Å²) in [6, 6.07) is 3.97. The van der Waals surface area contributed by atoms with Crippen LogP contribution >= 0.6 is 0 Å². The van der Waals surface area contributed by atoms with E-state index in [4.69, 9.17) is 4.74 Å². The number of aliphatic hydroxyl groups excluding tert-OH is 1. The molecule has 0 aromatic carbocycles. The summed E-state index contributed by atoms with van der Waals surface area (Å²) in [5.41, 5.74) is 0. The van der Waals surface area contributed by atoms with Crippen molar-refractivity contribution in [2.75, 3.05) is 24.7 Å². The van der Waals surface area contributed by atoms with Crippen molar-refractivity contribution in [3.8, 4) is 5.75 Å². The lowest BCUT2D eigenvalue weighted by atomic mass is 10.0. The maximum Gasteiger partial charge on any atom is 0.171 e. The van der Waals surface area contributed by atoms with Gasteiger partial charge in [-0.25, -0.2) is 4.98 Å². The van der Waals surface area contributed by atoms with E-state index in [0.29, 0.717) is 12.5 Å². The monoisotopic (exact) mass is 236 g/mol. The number of nitrogens with zero attached hydrogens (tertiary/aromatic N) is 2. The zero-order chi connectivity index (χ0) is 12.3.